The van der Waals surface area contributed by atoms with Crippen LogP contribution < -0.4 is 4.74 Å². The van der Waals surface area contributed by atoms with Crippen LogP contribution in [0.15, 0.2) is 40.1 Å². The number of hydrogen-bond acceptors (Lipinski definition) is 7. The lowest BCUT2D eigenvalue weighted by atomic mass is 9.97. The maximum absolute atomic E-state index is 12.1. The fourth-order valence-corrected chi connectivity index (χ4v) is 4.95. The molecule has 7 heteroatoms. The Morgan fingerprint density at radius 2 is 2.18 bits per heavy atom. The fraction of sp³-hybridized carbons (Fsp3) is 0.462. The van der Waals surface area contributed by atoms with Crippen molar-refractivity contribution in [3.8, 4) is 16.5 Å². The number of aryl methyl sites for hydroxylation is 2. The molecule has 33 heavy (non-hydrogen) atoms. The second kappa shape index (κ2) is 11.0. The molecule has 176 valence electrons. The van der Waals surface area contributed by atoms with Crippen molar-refractivity contribution in [2.24, 2.45) is 5.92 Å². The van der Waals surface area contributed by atoms with Crippen molar-refractivity contribution in [3.63, 3.8) is 0 Å². The zero-order chi connectivity index (χ0) is 23.2. The molecule has 1 atom stereocenters. The van der Waals surface area contributed by atoms with E-state index in [9.17, 15) is 4.79 Å². The molecule has 0 amide bonds. The topological polar surface area (TPSA) is 64.8 Å². The van der Waals surface area contributed by atoms with Crippen LogP contribution in [-0.4, -0.2) is 42.2 Å². The average molecular weight is 469 g/mol. The van der Waals surface area contributed by atoms with Crippen molar-refractivity contribution in [2.45, 2.75) is 46.6 Å². The number of piperidine rings is 1. The van der Waals surface area contributed by atoms with E-state index in [-0.39, 0.29) is 11.9 Å². The molecule has 0 bridgehead atoms. The van der Waals surface area contributed by atoms with Crippen LogP contribution in [0.1, 0.15) is 42.3 Å². The lowest BCUT2D eigenvalue weighted by Crippen LogP contribution is -2.38. The van der Waals surface area contributed by atoms with E-state index in [4.69, 9.17) is 13.9 Å². The van der Waals surface area contributed by atoms with Crippen LogP contribution in [0, 0.1) is 19.8 Å². The number of likely N-dealkylation sites (tertiary alicyclic amines) is 1. The number of ether oxygens (including phenoxy) is 2. The number of oxazole rings is 1. The first-order valence-corrected chi connectivity index (χ1v) is 12.5. The molecular formula is C26H32N2O4S. The molecule has 1 fully saturated rings. The number of esters is 1. The second-order valence-electron chi connectivity index (χ2n) is 8.52. The summed E-state index contributed by atoms with van der Waals surface area (Å²) in [6, 6.07) is 10.4. The lowest BCUT2D eigenvalue weighted by Gasteiger charge is -2.31. The van der Waals surface area contributed by atoms with E-state index in [2.05, 4.69) is 28.9 Å². The van der Waals surface area contributed by atoms with E-state index in [0.717, 1.165) is 60.1 Å². The molecule has 0 aliphatic carbocycles. The monoisotopic (exact) mass is 468 g/mol. The normalized spacial score (nSPS) is 16.6. The molecule has 1 unspecified atom stereocenters. The summed E-state index contributed by atoms with van der Waals surface area (Å²) in [6.45, 7) is 9.49. The highest BCUT2D eigenvalue weighted by Gasteiger charge is 2.26. The third-order valence-electron chi connectivity index (χ3n) is 5.99. The van der Waals surface area contributed by atoms with Gasteiger partial charge in [0.15, 0.2) is 0 Å². The maximum Gasteiger partial charge on any atom is 0.310 e. The molecule has 0 spiro atoms. The fourth-order valence-electron chi connectivity index (χ4n) is 4.30. The molecule has 4 rings (SSSR count). The van der Waals surface area contributed by atoms with Crippen LogP contribution in [-0.2, 0) is 22.5 Å². The Kier molecular flexibility index (Phi) is 7.83. The van der Waals surface area contributed by atoms with Crippen LogP contribution in [0.3, 0.4) is 0 Å². The zero-order valence-corrected chi connectivity index (χ0v) is 20.5. The molecule has 1 saturated heterocycles. The Bertz CT molecular complexity index is 1060. The summed E-state index contributed by atoms with van der Waals surface area (Å²) in [5, 5.41) is 2.02. The standard InChI is InChI=1S/C26H32N2O4S/c1-4-30-26(29)21-7-5-12-28(17-21)16-20-9-10-23(18(2)15-20)31-13-11-22-19(3)32-25(27-22)24-8-6-14-33-24/h6,8-10,14-15,21H,4-5,7,11-13,16-17H2,1-3H3. The van der Waals surface area contributed by atoms with Crippen LogP contribution >= 0.6 is 11.3 Å². The first kappa shape index (κ1) is 23.5. The number of hydrogen-bond donors (Lipinski definition) is 0. The summed E-state index contributed by atoms with van der Waals surface area (Å²) in [4.78, 5) is 20.1. The number of carbonyl (C=O) groups excluding carboxylic acids is 1. The predicted octanol–water partition coefficient (Wildman–Crippen LogP) is 5.42. The first-order chi connectivity index (χ1) is 16.0. The third kappa shape index (κ3) is 6.03. The molecule has 0 radical (unpaired) electrons. The van der Waals surface area contributed by atoms with E-state index in [1.54, 1.807) is 11.3 Å². The van der Waals surface area contributed by atoms with Gasteiger partial charge in [0, 0.05) is 19.5 Å². The van der Waals surface area contributed by atoms with Gasteiger partial charge < -0.3 is 13.9 Å². The van der Waals surface area contributed by atoms with Crippen molar-refractivity contribution in [1.29, 1.82) is 0 Å². The van der Waals surface area contributed by atoms with Crippen LogP contribution in [0.4, 0.5) is 0 Å². The third-order valence-corrected chi connectivity index (χ3v) is 6.85. The van der Waals surface area contributed by atoms with Crippen LogP contribution in [0.25, 0.3) is 10.8 Å². The molecule has 1 aromatic carbocycles. The van der Waals surface area contributed by atoms with E-state index < -0.39 is 0 Å². The molecule has 2 aromatic heterocycles. The highest BCUT2D eigenvalue weighted by atomic mass is 32.1. The number of carbonyl (C=O) groups is 1. The number of rotatable bonds is 9. The van der Waals surface area contributed by atoms with E-state index in [1.807, 2.05) is 37.4 Å². The Labute approximate surface area is 199 Å². The Morgan fingerprint density at radius 1 is 1.30 bits per heavy atom. The van der Waals surface area contributed by atoms with Gasteiger partial charge in [0.25, 0.3) is 0 Å². The largest absolute Gasteiger partial charge is 0.493 e. The molecule has 1 aliphatic heterocycles. The molecular weight excluding hydrogens is 436 g/mol. The van der Waals surface area contributed by atoms with E-state index in [0.29, 0.717) is 25.5 Å². The molecule has 0 saturated carbocycles. The Hall–Kier alpha value is -2.64. The summed E-state index contributed by atoms with van der Waals surface area (Å²) in [7, 11) is 0. The van der Waals surface area contributed by atoms with Crippen molar-refractivity contribution >= 4 is 17.3 Å². The minimum atomic E-state index is -0.0630. The van der Waals surface area contributed by atoms with Crippen LogP contribution in [0.2, 0.25) is 0 Å². The number of thiophene rings is 1. The van der Waals surface area contributed by atoms with E-state index in [1.165, 1.54) is 5.56 Å². The summed E-state index contributed by atoms with van der Waals surface area (Å²) in [6.07, 6.45) is 2.64. The van der Waals surface area contributed by atoms with Gasteiger partial charge in [-0.05, 0) is 68.8 Å². The Balaban J connectivity index is 1.30. The van der Waals surface area contributed by atoms with Gasteiger partial charge in [-0.25, -0.2) is 4.98 Å². The first-order valence-electron chi connectivity index (χ1n) is 11.6. The van der Waals surface area contributed by atoms with Crippen molar-refractivity contribution in [2.75, 3.05) is 26.3 Å². The smallest absolute Gasteiger partial charge is 0.310 e. The van der Waals surface area contributed by atoms with Gasteiger partial charge >= 0.3 is 5.97 Å². The Morgan fingerprint density at radius 3 is 2.94 bits per heavy atom. The summed E-state index contributed by atoms with van der Waals surface area (Å²) in [5.41, 5.74) is 3.29. The second-order valence-corrected chi connectivity index (χ2v) is 9.47. The van der Waals surface area contributed by atoms with Gasteiger partial charge in [-0.15, -0.1) is 11.3 Å². The van der Waals surface area contributed by atoms with Crippen LogP contribution in [0.5, 0.6) is 5.75 Å². The quantitative estimate of drug-likeness (QED) is 0.391. The molecule has 6 nitrogen and oxygen atoms in total. The minimum Gasteiger partial charge on any atom is -0.493 e. The summed E-state index contributed by atoms with van der Waals surface area (Å²) < 4.78 is 17.1. The van der Waals surface area contributed by atoms with Gasteiger partial charge in [-0.3, -0.25) is 9.69 Å². The minimum absolute atomic E-state index is 0.0114. The van der Waals surface area contributed by atoms with E-state index >= 15 is 0 Å². The number of benzene rings is 1. The molecule has 0 N–H and O–H groups in total. The summed E-state index contributed by atoms with van der Waals surface area (Å²) in [5.74, 6) is 2.34. The van der Waals surface area contributed by atoms with Crippen molar-refractivity contribution in [1.82, 2.24) is 9.88 Å². The van der Waals surface area contributed by atoms with Crippen molar-refractivity contribution in [3.05, 3.63) is 58.3 Å². The molecule has 3 aromatic rings. The van der Waals surface area contributed by atoms with Gasteiger partial charge in [0.1, 0.15) is 11.5 Å². The predicted molar refractivity (Wildman–Crippen MR) is 130 cm³/mol. The highest BCUT2D eigenvalue weighted by Crippen LogP contribution is 2.27. The van der Waals surface area contributed by atoms with Gasteiger partial charge in [-0.2, -0.15) is 0 Å². The van der Waals surface area contributed by atoms with Gasteiger partial charge in [0.05, 0.1) is 29.7 Å². The molecule has 1 aliphatic rings. The molecule has 3 heterocycles. The summed E-state index contributed by atoms with van der Waals surface area (Å²) >= 11 is 1.62. The maximum atomic E-state index is 12.1. The van der Waals surface area contributed by atoms with Gasteiger partial charge in [0.2, 0.25) is 5.89 Å². The highest BCUT2D eigenvalue weighted by molar-refractivity contribution is 7.13. The zero-order valence-electron chi connectivity index (χ0n) is 19.6. The SMILES string of the molecule is CCOC(=O)C1CCCN(Cc2ccc(OCCc3nc(-c4cccs4)oc3C)c(C)c2)C1. The van der Waals surface area contributed by atoms with Crippen molar-refractivity contribution < 1.29 is 18.7 Å². The number of aromatic nitrogens is 1. The lowest BCUT2D eigenvalue weighted by molar-refractivity contribution is -0.150. The van der Waals surface area contributed by atoms with Gasteiger partial charge in [-0.1, -0.05) is 18.2 Å². The average Bonchev–Trinajstić information content (AvgIpc) is 3.46. The number of nitrogens with zero attached hydrogens (tertiary/aromatic N) is 2.